The van der Waals surface area contributed by atoms with Crippen molar-refractivity contribution in [1.82, 2.24) is 20.1 Å². The first-order valence-corrected chi connectivity index (χ1v) is 11.3. The van der Waals surface area contributed by atoms with Crippen molar-refractivity contribution < 1.29 is 18.3 Å². The minimum atomic E-state index is -0.791. The summed E-state index contributed by atoms with van der Waals surface area (Å²) in [7, 11) is 1.77. The highest BCUT2D eigenvalue weighted by Crippen LogP contribution is 2.37. The fraction of sp³-hybridized carbons (Fsp3) is 0.259. The lowest BCUT2D eigenvalue weighted by Crippen LogP contribution is -2.27. The third-order valence-electron chi connectivity index (χ3n) is 5.50. The Hall–Kier alpha value is -4.16. The van der Waals surface area contributed by atoms with Crippen molar-refractivity contribution in [1.29, 1.82) is 5.26 Å². The molecule has 4 rings (SSSR count). The number of hydrogen-bond donors (Lipinski definition) is 1. The SMILES string of the molecule is CNCc1cc(C)c(-c2cc3c(-c4ccc(F)nc4)nn(C(=O)OC(C)(C)C)c3cc2C#N)c(F)c1. The summed E-state index contributed by atoms with van der Waals surface area (Å²) in [6.45, 7) is 7.45. The zero-order chi connectivity index (χ0) is 26.2. The molecule has 1 N–H and O–H groups in total. The lowest BCUT2D eigenvalue weighted by Gasteiger charge is -2.19. The summed E-state index contributed by atoms with van der Waals surface area (Å²) < 4.78 is 35.4. The lowest BCUT2D eigenvalue weighted by molar-refractivity contribution is 0.0523. The first kappa shape index (κ1) is 24.9. The highest BCUT2D eigenvalue weighted by atomic mass is 19.1. The fourth-order valence-electron chi connectivity index (χ4n) is 4.10. The van der Waals surface area contributed by atoms with Gasteiger partial charge in [-0.05, 0) is 76.2 Å². The van der Waals surface area contributed by atoms with Crippen LogP contribution in [-0.4, -0.2) is 33.5 Å². The van der Waals surface area contributed by atoms with Gasteiger partial charge < -0.3 is 10.1 Å². The summed E-state index contributed by atoms with van der Waals surface area (Å²) in [5, 5.41) is 17.8. The molecule has 0 aliphatic carbocycles. The number of fused-ring (bicyclic) bond motifs is 1. The number of benzene rings is 2. The van der Waals surface area contributed by atoms with Gasteiger partial charge in [0.15, 0.2) is 0 Å². The van der Waals surface area contributed by atoms with Crippen molar-refractivity contribution in [2.24, 2.45) is 0 Å². The molecule has 0 amide bonds. The van der Waals surface area contributed by atoms with E-state index in [1.165, 1.54) is 30.5 Å². The highest BCUT2D eigenvalue weighted by Gasteiger charge is 2.25. The smallest absolute Gasteiger partial charge is 0.435 e. The molecule has 36 heavy (non-hydrogen) atoms. The molecule has 7 nitrogen and oxygen atoms in total. The average Bonchev–Trinajstić information content (AvgIpc) is 3.16. The van der Waals surface area contributed by atoms with Crippen LogP contribution in [0.1, 0.15) is 37.5 Å². The predicted molar refractivity (Wildman–Crippen MR) is 132 cm³/mol. The van der Waals surface area contributed by atoms with Crippen LogP contribution >= 0.6 is 0 Å². The number of carbonyl (C=O) groups is 1. The van der Waals surface area contributed by atoms with E-state index in [4.69, 9.17) is 4.74 Å². The van der Waals surface area contributed by atoms with Crippen molar-refractivity contribution in [2.75, 3.05) is 7.05 Å². The number of ether oxygens (including phenoxy) is 1. The summed E-state index contributed by atoms with van der Waals surface area (Å²) in [5.74, 6) is -1.14. The maximum atomic E-state index is 15.3. The second kappa shape index (κ2) is 9.47. The number of halogens is 2. The van der Waals surface area contributed by atoms with Crippen LogP contribution in [0.4, 0.5) is 13.6 Å². The first-order chi connectivity index (χ1) is 17.0. The van der Waals surface area contributed by atoms with Gasteiger partial charge in [-0.15, -0.1) is 0 Å². The number of nitrogens with one attached hydrogen (secondary N) is 1. The van der Waals surface area contributed by atoms with Gasteiger partial charge in [0.25, 0.3) is 0 Å². The lowest BCUT2D eigenvalue weighted by atomic mass is 9.92. The molecular weight excluding hydrogens is 464 g/mol. The van der Waals surface area contributed by atoms with Gasteiger partial charge in [0.05, 0.1) is 17.1 Å². The molecule has 0 unspecified atom stereocenters. The maximum absolute atomic E-state index is 15.3. The van der Waals surface area contributed by atoms with Crippen LogP contribution in [0.2, 0.25) is 0 Å². The zero-order valence-electron chi connectivity index (χ0n) is 20.6. The van der Waals surface area contributed by atoms with Crippen LogP contribution in [-0.2, 0) is 11.3 Å². The number of nitrogens with zero attached hydrogens (tertiary/aromatic N) is 4. The molecule has 0 spiro atoms. The van der Waals surface area contributed by atoms with Crippen LogP contribution in [0.3, 0.4) is 0 Å². The molecule has 0 saturated carbocycles. The molecule has 2 heterocycles. The van der Waals surface area contributed by atoms with Crippen molar-refractivity contribution >= 4 is 17.0 Å². The van der Waals surface area contributed by atoms with E-state index in [9.17, 15) is 14.4 Å². The molecule has 184 valence electrons. The minimum absolute atomic E-state index is 0.166. The van der Waals surface area contributed by atoms with E-state index in [0.29, 0.717) is 39.8 Å². The summed E-state index contributed by atoms with van der Waals surface area (Å²) >= 11 is 0. The van der Waals surface area contributed by atoms with Gasteiger partial charge >= 0.3 is 6.09 Å². The number of aromatic nitrogens is 3. The third-order valence-corrected chi connectivity index (χ3v) is 5.50. The van der Waals surface area contributed by atoms with E-state index in [-0.39, 0.29) is 11.1 Å². The van der Waals surface area contributed by atoms with Crippen molar-refractivity contribution in [3.05, 3.63) is 71.1 Å². The topological polar surface area (TPSA) is 92.8 Å². The van der Waals surface area contributed by atoms with Crippen molar-refractivity contribution in [3.8, 4) is 28.5 Å². The van der Waals surface area contributed by atoms with Gasteiger partial charge in [-0.2, -0.15) is 19.4 Å². The van der Waals surface area contributed by atoms with Gasteiger partial charge in [0, 0.05) is 34.8 Å². The van der Waals surface area contributed by atoms with Gasteiger partial charge in [-0.3, -0.25) is 0 Å². The number of aryl methyl sites for hydroxylation is 1. The molecule has 0 aliphatic rings. The molecule has 0 atom stereocenters. The van der Waals surface area contributed by atoms with Gasteiger partial charge in [-0.25, -0.2) is 14.2 Å². The number of hydrogen-bond acceptors (Lipinski definition) is 6. The van der Waals surface area contributed by atoms with Crippen molar-refractivity contribution in [2.45, 2.75) is 39.8 Å². The standard InChI is InChI=1S/C27H25F2N5O2/c1-15-8-16(13-31-5)9-21(28)24(15)19-11-20-22(10-18(19)12-30)34(26(35)36-27(2,3)4)33-25(20)17-6-7-23(29)32-14-17/h6-11,14,31H,13H2,1-5H3. The predicted octanol–water partition coefficient (Wildman–Crippen LogP) is 5.73. The quantitative estimate of drug-likeness (QED) is 0.368. The van der Waals surface area contributed by atoms with Crippen LogP contribution in [0.5, 0.6) is 0 Å². The monoisotopic (exact) mass is 489 g/mol. The van der Waals surface area contributed by atoms with Gasteiger partial charge in [-0.1, -0.05) is 6.07 Å². The Morgan fingerprint density at radius 3 is 2.53 bits per heavy atom. The van der Waals surface area contributed by atoms with Crippen LogP contribution in [0.25, 0.3) is 33.3 Å². The molecule has 0 aliphatic heterocycles. The second-order valence-electron chi connectivity index (χ2n) is 9.44. The molecule has 2 aromatic carbocycles. The molecule has 0 fully saturated rings. The van der Waals surface area contributed by atoms with E-state index >= 15 is 4.39 Å². The van der Waals surface area contributed by atoms with Gasteiger partial charge in [0.1, 0.15) is 17.1 Å². The molecule has 0 saturated heterocycles. The fourth-order valence-corrected chi connectivity index (χ4v) is 4.10. The third kappa shape index (κ3) is 4.81. The highest BCUT2D eigenvalue weighted by molar-refractivity contribution is 6.01. The summed E-state index contributed by atoms with van der Waals surface area (Å²) in [6, 6.07) is 11.2. The molecule has 0 radical (unpaired) electrons. The Bertz CT molecular complexity index is 1490. The summed E-state index contributed by atoms with van der Waals surface area (Å²) in [6.07, 6.45) is 0.552. The van der Waals surface area contributed by atoms with E-state index in [1.54, 1.807) is 40.8 Å². The Balaban J connectivity index is 2.01. The molecule has 4 aromatic rings. The van der Waals surface area contributed by atoms with E-state index < -0.39 is 23.5 Å². The van der Waals surface area contributed by atoms with Crippen molar-refractivity contribution in [3.63, 3.8) is 0 Å². The minimum Gasteiger partial charge on any atom is -0.442 e. The summed E-state index contributed by atoms with van der Waals surface area (Å²) in [4.78, 5) is 16.7. The Labute approximate surface area is 207 Å². The first-order valence-electron chi connectivity index (χ1n) is 11.3. The van der Waals surface area contributed by atoms with Crippen LogP contribution < -0.4 is 5.32 Å². The molecule has 9 heteroatoms. The Morgan fingerprint density at radius 1 is 1.19 bits per heavy atom. The average molecular weight is 490 g/mol. The summed E-state index contributed by atoms with van der Waals surface area (Å²) in [5.41, 5.74) is 2.50. The zero-order valence-corrected chi connectivity index (χ0v) is 20.6. The second-order valence-corrected chi connectivity index (χ2v) is 9.44. The number of nitriles is 1. The van der Waals surface area contributed by atoms with E-state index in [0.717, 1.165) is 10.2 Å². The van der Waals surface area contributed by atoms with E-state index in [1.807, 2.05) is 6.07 Å². The largest absolute Gasteiger partial charge is 0.442 e. The van der Waals surface area contributed by atoms with Crippen LogP contribution in [0.15, 0.2) is 42.6 Å². The molecule has 2 aromatic heterocycles. The molecule has 0 bridgehead atoms. The van der Waals surface area contributed by atoms with Gasteiger partial charge in [0.2, 0.25) is 5.95 Å². The van der Waals surface area contributed by atoms with E-state index in [2.05, 4.69) is 21.5 Å². The Morgan fingerprint density at radius 2 is 1.94 bits per heavy atom. The molecular formula is C27H25F2N5O2. The number of rotatable bonds is 4. The number of carbonyl (C=O) groups excluding carboxylic acids is 1. The number of pyridine rings is 1. The normalized spacial score (nSPS) is 11.5. The maximum Gasteiger partial charge on any atom is 0.435 e. The van der Waals surface area contributed by atoms with Crippen LogP contribution in [0, 0.1) is 30.0 Å². The Kier molecular flexibility index (Phi) is 6.57.